The van der Waals surface area contributed by atoms with Gasteiger partial charge < -0.3 is 5.73 Å². The van der Waals surface area contributed by atoms with Crippen molar-refractivity contribution in [3.8, 4) is 0 Å². The lowest BCUT2D eigenvalue weighted by Crippen LogP contribution is -2.19. The average Bonchev–Trinajstić information content (AvgIpc) is 2.95. The van der Waals surface area contributed by atoms with Crippen molar-refractivity contribution < 1.29 is 13.2 Å². The second-order valence-electron chi connectivity index (χ2n) is 5.58. The molecule has 0 saturated carbocycles. The molecule has 0 bridgehead atoms. The molecular formula is C18H18N2O3S. The Morgan fingerprint density at radius 1 is 1.08 bits per heavy atom. The summed E-state index contributed by atoms with van der Waals surface area (Å²) in [5.74, 6) is -0.764. The van der Waals surface area contributed by atoms with Gasteiger partial charge in [-0.3, -0.25) is 4.79 Å². The molecule has 0 aliphatic rings. The summed E-state index contributed by atoms with van der Waals surface area (Å²) in [6.07, 6.45) is 3.33. The van der Waals surface area contributed by atoms with Gasteiger partial charge in [-0.25, -0.2) is 12.4 Å². The number of nitrogens with zero attached hydrogens (tertiary/aromatic N) is 1. The first-order valence-corrected chi connectivity index (χ1v) is 9.14. The molecule has 5 nitrogen and oxygen atoms in total. The molecule has 2 N–H and O–H groups in total. The summed E-state index contributed by atoms with van der Waals surface area (Å²) in [6.45, 7) is 2.04. The summed E-state index contributed by atoms with van der Waals surface area (Å²) in [5.41, 5.74) is 6.90. The minimum absolute atomic E-state index is 0.00711. The number of carbonyl (C=O) groups is 1. The van der Waals surface area contributed by atoms with Crippen LogP contribution >= 0.6 is 0 Å². The molecule has 3 rings (SSSR count). The Labute approximate surface area is 140 Å². The van der Waals surface area contributed by atoms with Crippen LogP contribution in [0.15, 0.2) is 59.6 Å². The molecule has 0 fully saturated rings. The molecule has 124 valence electrons. The number of primary amides is 1. The Kier molecular flexibility index (Phi) is 4.15. The molecule has 0 aliphatic carbocycles. The first-order chi connectivity index (χ1) is 11.5. The molecule has 0 unspecified atom stereocenters. The zero-order valence-corrected chi connectivity index (χ0v) is 14.1. The van der Waals surface area contributed by atoms with Crippen LogP contribution in [0.25, 0.3) is 10.9 Å². The van der Waals surface area contributed by atoms with Crippen molar-refractivity contribution in [2.45, 2.75) is 24.7 Å². The zero-order chi connectivity index (χ0) is 17.3. The lowest BCUT2D eigenvalue weighted by molar-refractivity contribution is 0.0997. The van der Waals surface area contributed by atoms with Crippen molar-refractivity contribution in [2.24, 2.45) is 5.73 Å². The van der Waals surface area contributed by atoms with E-state index in [4.69, 9.17) is 5.73 Å². The molecule has 1 amide bonds. The van der Waals surface area contributed by atoms with Crippen LogP contribution in [0.4, 0.5) is 0 Å². The molecule has 0 spiro atoms. The largest absolute Gasteiger partial charge is 0.366 e. The van der Waals surface area contributed by atoms with Crippen molar-refractivity contribution in [1.29, 1.82) is 0 Å². The van der Waals surface area contributed by atoms with E-state index in [0.717, 1.165) is 23.8 Å². The van der Waals surface area contributed by atoms with Crippen LogP contribution in [0.2, 0.25) is 0 Å². The van der Waals surface area contributed by atoms with Gasteiger partial charge in [0.25, 0.3) is 10.0 Å². The van der Waals surface area contributed by atoms with E-state index in [0.29, 0.717) is 5.52 Å². The highest BCUT2D eigenvalue weighted by molar-refractivity contribution is 7.90. The van der Waals surface area contributed by atoms with Gasteiger partial charge in [0.05, 0.1) is 11.1 Å². The molecule has 6 heteroatoms. The number of carbonyl (C=O) groups excluding carboxylic acids is 1. The van der Waals surface area contributed by atoms with Gasteiger partial charge in [-0.05, 0) is 30.2 Å². The van der Waals surface area contributed by atoms with E-state index in [1.165, 1.54) is 16.1 Å². The smallest absolute Gasteiger partial charge is 0.268 e. The number of rotatable bonds is 5. The average molecular weight is 342 g/mol. The Bertz CT molecular complexity index is 1020. The summed E-state index contributed by atoms with van der Waals surface area (Å²) in [6, 6.07) is 13.4. The van der Waals surface area contributed by atoms with Crippen molar-refractivity contribution >= 4 is 26.8 Å². The number of aromatic nitrogens is 1. The molecule has 1 aromatic heterocycles. The molecular weight excluding hydrogens is 324 g/mol. The summed E-state index contributed by atoms with van der Waals surface area (Å²) in [7, 11) is -3.92. The van der Waals surface area contributed by atoms with Crippen molar-refractivity contribution in [1.82, 2.24) is 3.97 Å². The summed E-state index contributed by atoms with van der Waals surface area (Å²) in [4.78, 5) is 11.5. The first-order valence-electron chi connectivity index (χ1n) is 7.70. The molecule has 0 atom stereocenters. The van der Waals surface area contributed by atoms with Crippen LogP contribution in [0.5, 0.6) is 0 Å². The van der Waals surface area contributed by atoms with Gasteiger partial charge in [-0.2, -0.15) is 0 Å². The molecule has 2 aromatic carbocycles. The third kappa shape index (κ3) is 2.59. The van der Waals surface area contributed by atoms with Crippen molar-refractivity contribution in [2.75, 3.05) is 0 Å². The van der Waals surface area contributed by atoms with Crippen LogP contribution in [-0.2, 0) is 16.4 Å². The first kappa shape index (κ1) is 16.3. The Morgan fingerprint density at radius 2 is 1.75 bits per heavy atom. The van der Waals surface area contributed by atoms with Gasteiger partial charge in [-0.15, -0.1) is 0 Å². The molecule has 0 saturated heterocycles. The van der Waals surface area contributed by atoms with E-state index >= 15 is 0 Å². The summed E-state index contributed by atoms with van der Waals surface area (Å²) in [5, 5.41) is 0.902. The monoisotopic (exact) mass is 342 g/mol. The number of para-hydroxylation sites is 1. The fourth-order valence-electron chi connectivity index (χ4n) is 2.89. The lowest BCUT2D eigenvalue weighted by Gasteiger charge is -2.10. The van der Waals surface area contributed by atoms with Crippen LogP contribution in [0, 0.1) is 0 Å². The predicted octanol–water partition coefficient (Wildman–Crippen LogP) is 2.93. The van der Waals surface area contributed by atoms with Gasteiger partial charge in [0.2, 0.25) is 5.91 Å². The summed E-state index contributed by atoms with van der Waals surface area (Å²) >= 11 is 0. The van der Waals surface area contributed by atoms with Gasteiger partial charge in [-0.1, -0.05) is 43.7 Å². The van der Waals surface area contributed by atoms with Crippen LogP contribution in [0.1, 0.15) is 29.3 Å². The van der Waals surface area contributed by atoms with Crippen LogP contribution in [-0.4, -0.2) is 18.3 Å². The number of aryl methyl sites for hydroxylation is 1. The van der Waals surface area contributed by atoms with Gasteiger partial charge in [0.15, 0.2) is 0 Å². The molecule has 0 aliphatic heterocycles. The molecule has 0 radical (unpaired) electrons. The quantitative estimate of drug-likeness (QED) is 0.774. The number of benzene rings is 2. The van der Waals surface area contributed by atoms with E-state index in [1.807, 2.05) is 19.1 Å². The fraction of sp³-hybridized carbons (Fsp3) is 0.167. The Hall–Kier alpha value is -2.60. The molecule has 3 aromatic rings. The van der Waals surface area contributed by atoms with E-state index in [1.54, 1.807) is 30.5 Å². The number of nitrogens with two attached hydrogens (primary N) is 1. The highest BCUT2D eigenvalue weighted by atomic mass is 32.2. The van der Waals surface area contributed by atoms with Gasteiger partial charge >= 0.3 is 0 Å². The third-order valence-corrected chi connectivity index (χ3v) is 5.70. The van der Waals surface area contributed by atoms with Crippen molar-refractivity contribution in [3.63, 3.8) is 0 Å². The topological polar surface area (TPSA) is 82.2 Å². The number of amides is 1. The van der Waals surface area contributed by atoms with Crippen LogP contribution < -0.4 is 5.73 Å². The minimum Gasteiger partial charge on any atom is -0.366 e. The van der Waals surface area contributed by atoms with E-state index in [2.05, 4.69) is 0 Å². The van der Waals surface area contributed by atoms with Crippen LogP contribution in [0.3, 0.4) is 0 Å². The SMILES string of the molecule is CCCc1cn(S(=O)(=O)c2ccccc2C(N)=O)c2ccccc12. The van der Waals surface area contributed by atoms with Gasteiger partial charge in [0.1, 0.15) is 4.90 Å². The number of fused-ring (bicyclic) bond motifs is 1. The third-order valence-electron chi connectivity index (χ3n) is 3.97. The maximum absolute atomic E-state index is 13.1. The normalized spacial score (nSPS) is 11.7. The van der Waals surface area contributed by atoms with E-state index in [-0.39, 0.29) is 10.5 Å². The Morgan fingerprint density at radius 3 is 2.46 bits per heavy atom. The van der Waals surface area contributed by atoms with E-state index < -0.39 is 15.9 Å². The zero-order valence-electron chi connectivity index (χ0n) is 13.3. The maximum Gasteiger partial charge on any atom is 0.268 e. The molecule has 1 heterocycles. The fourth-order valence-corrected chi connectivity index (χ4v) is 4.48. The lowest BCUT2D eigenvalue weighted by atomic mass is 10.1. The standard InChI is InChI=1S/C18H18N2O3S/c1-2-7-13-12-20(16-10-5-3-8-14(13)16)24(22,23)17-11-6-4-9-15(17)18(19)21/h3-6,8-12H,2,7H2,1H3,(H2,19,21). The maximum atomic E-state index is 13.1. The molecule has 24 heavy (non-hydrogen) atoms. The van der Waals surface area contributed by atoms with Crippen molar-refractivity contribution in [3.05, 3.63) is 65.9 Å². The number of hydrogen-bond donors (Lipinski definition) is 1. The second-order valence-corrected chi connectivity index (χ2v) is 7.37. The predicted molar refractivity (Wildman–Crippen MR) is 93.5 cm³/mol. The highest BCUT2D eigenvalue weighted by Crippen LogP contribution is 2.28. The number of hydrogen-bond acceptors (Lipinski definition) is 3. The Balaban J connectivity index is 2.29. The summed E-state index contributed by atoms with van der Waals surface area (Å²) < 4.78 is 27.5. The second kappa shape index (κ2) is 6.13. The highest BCUT2D eigenvalue weighted by Gasteiger charge is 2.25. The van der Waals surface area contributed by atoms with Gasteiger partial charge in [0, 0.05) is 11.6 Å². The minimum atomic E-state index is -3.92. The van der Waals surface area contributed by atoms with E-state index in [9.17, 15) is 13.2 Å².